The van der Waals surface area contributed by atoms with Crippen molar-refractivity contribution in [3.63, 3.8) is 0 Å². The molecule has 1 aromatic heterocycles. The minimum absolute atomic E-state index is 0.714. The van der Waals surface area contributed by atoms with Crippen LogP contribution >= 0.6 is 27.7 Å². The van der Waals surface area contributed by atoms with Gasteiger partial charge in [0.1, 0.15) is 5.82 Å². The topological polar surface area (TPSA) is 16.1 Å². The maximum absolute atomic E-state index is 4.59. The zero-order chi connectivity index (χ0) is 11.5. The molecule has 16 heavy (non-hydrogen) atoms. The summed E-state index contributed by atoms with van der Waals surface area (Å²) in [5.41, 5.74) is 2.54. The molecular formula is C12H17BrN2S. The van der Waals surface area contributed by atoms with Crippen molar-refractivity contribution < 1.29 is 0 Å². The summed E-state index contributed by atoms with van der Waals surface area (Å²) < 4.78 is 0. The average molecular weight is 301 g/mol. The van der Waals surface area contributed by atoms with E-state index in [1.165, 1.54) is 16.9 Å². The van der Waals surface area contributed by atoms with Gasteiger partial charge in [-0.1, -0.05) is 28.9 Å². The smallest absolute Gasteiger partial charge is 0.131 e. The first-order valence-corrected chi connectivity index (χ1v) is 7.75. The highest BCUT2D eigenvalue weighted by atomic mass is 79.9. The number of anilines is 1. The summed E-state index contributed by atoms with van der Waals surface area (Å²) >= 11 is 5.52. The van der Waals surface area contributed by atoms with Crippen LogP contribution in [0.3, 0.4) is 0 Å². The van der Waals surface area contributed by atoms with Gasteiger partial charge in [0.25, 0.3) is 0 Å². The van der Waals surface area contributed by atoms with Gasteiger partial charge in [0, 0.05) is 35.6 Å². The second-order valence-corrected chi connectivity index (χ2v) is 6.35. The van der Waals surface area contributed by atoms with Gasteiger partial charge in [-0.15, -0.1) is 0 Å². The summed E-state index contributed by atoms with van der Waals surface area (Å²) in [6.07, 6.45) is 1.98. The second kappa shape index (κ2) is 5.41. The maximum Gasteiger partial charge on any atom is 0.131 e. The fourth-order valence-corrected chi connectivity index (χ4v) is 3.36. The largest absolute Gasteiger partial charge is 0.354 e. The van der Waals surface area contributed by atoms with Crippen molar-refractivity contribution in [2.75, 3.05) is 23.7 Å². The van der Waals surface area contributed by atoms with Crippen molar-refractivity contribution in [2.24, 2.45) is 0 Å². The summed E-state index contributed by atoms with van der Waals surface area (Å²) in [7, 11) is 0. The Bertz CT molecular complexity index is 370. The maximum atomic E-state index is 4.59. The number of pyridine rings is 1. The van der Waals surface area contributed by atoms with E-state index in [1.807, 2.05) is 6.20 Å². The minimum atomic E-state index is 0.714. The Morgan fingerprint density at radius 1 is 1.62 bits per heavy atom. The summed E-state index contributed by atoms with van der Waals surface area (Å²) in [6, 6.07) is 2.23. The number of alkyl halides is 1. The number of thioether (sulfide) groups is 1. The van der Waals surface area contributed by atoms with Gasteiger partial charge >= 0.3 is 0 Å². The van der Waals surface area contributed by atoms with Crippen LogP contribution in [0.4, 0.5) is 5.82 Å². The molecule has 0 amide bonds. The molecule has 0 N–H and O–H groups in total. The molecule has 2 rings (SSSR count). The van der Waals surface area contributed by atoms with Gasteiger partial charge in [-0.2, -0.15) is 11.8 Å². The Kier molecular flexibility index (Phi) is 4.14. The van der Waals surface area contributed by atoms with E-state index in [4.69, 9.17) is 0 Å². The summed E-state index contributed by atoms with van der Waals surface area (Å²) in [5, 5.41) is 1.60. The number of hydrogen-bond donors (Lipinski definition) is 0. The van der Waals surface area contributed by atoms with E-state index >= 15 is 0 Å². The number of halogens is 1. The standard InChI is InChI=1S/C12H17BrN2S/c1-9-5-11(6-13)7-14-12(9)15-3-4-16-10(2)8-15/h5,7,10H,3-4,6,8H2,1-2H3. The third-order valence-electron chi connectivity index (χ3n) is 2.80. The van der Waals surface area contributed by atoms with Gasteiger partial charge in [0.2, 0.25) is 0 Å². The van der Waals surface area contributed by atoms with Crippen LogP contribution in [0.1, 0.15) is 18.1 Å². The van der Waals surface area contributed by atoms with E-state index in [0.29, 0.717) is 5.25 Å². The predicted molar refractivity (Wildman–Crippen MR) is 75.7 cm³/mol. The predicted octanol–water partition coefficient (Wildman–Crippen LogP) is 3.23. The lowest BCUT2D eigenvalue weighted by Gasteiger charge is -2.32. The van der Waals surface area contributed by atoms with Gasteiger partial charge in [0.05, 0.1) is 0 Å². The van der Waals surface area contributed by atoms with Gasteiger partial charge in [-0.25, -0.2) is 4.98 Å². The molecule has 0 spiro atoms. The molecule has 1 saturated heterocycles. The van der Waals surface area contributed by atoms with Crippen LogP contribution in [0.25, 0.3) is 0 Å². The zero-order valence-electron chi connectivity index (χ0n) is 9.74. The molecule has 2 heterocycles. The molecule has 1 aliphatic rings. The molecular weight excluding hydrogens is 284 g/mol. The molecule has 0 saturated carbocycles. The van der Waals surface area contributed by atoms with Crippen LogP contribution in [-0.2, 0) is 5.33 Å². The zero-order valence-corrected chi connectivity index (χ0v) is 12.1. The van der Waals surface area contributed by atoms with Gasteiger partial charge in [-0.05, 0) is 18.1 Å². The third-order valence-corrected chi connectivity index (χ3v) is 4.59. The van der Waals surface area contributed by atoms with Crippen molar-refractivity contribution >= 4 is 33.5 Å². The molecule has 0 radical (unpaired) electrons. The van der Waals surface area contributed by atoms with Crippen molar-refractivity contribution in [2.45, 2.75) is 24.4 Å². The lowest BCUT2D eigenvalue weighted by Crippen LogP contribution is -2.37. The van der Waals surface area contributed by atoms with Crippen molar-refractivity contribution in [1.29, 1.82) is 0 Å². The van der Waals surface area contributed by atoms with Crippen LogP contribution in [0.5, 0.6) is 0 Å². The molecule has 0 aromatic carbocycles. The highest BCUT2D eigenvalue weighted by Crippen LogP contribution is 2.25. The first-order valence-electron chi connectivity index (χ1n) is 5.58. The lowest BCUT2D eigenvalue weighted by molar-refractivity contribution is 0.766. The molecule has 0 aliphatic carbocycles. The van der Waals surface area contributed by atoms with Gasteiger partial charge in [-0.3, -0.25) is 0 Å². The van der Waals surface area contributed by atoms with Gasteiger partial charge < -0.3 is 4.90 Å². The monoisotopic (exact) mass is 300 g/mol. The first kappa shape index (κ1) is 12.2. The molecule has 0 bridgehead atoms. The second-order valence-electron chi connectivity index (χ2n) is 4.25. The molecule has 1 aliphatic heterocycles. The fraction of sp³-hybridized carbons (Fsp3) is 0.583. The Morgan fingerprint density at radius 2 is 2.44 bits per heavy atom. The Morgan fingerprint density at radius 3 is 3.06 bits per heavy atom. The molecule has 4 heteroatoms. The third kappa shape index (κ3) is 2.72. The first-order chi connectivity index (χ1) is 7.70. The molecule has 88 valence electrons. The quantitative estimate of drug-likeness (QED) is 0.780. The molecule has 1 aromatic rings. The Hall–Kier alpha value is -0.220. The van der Waals surface area contributed by atoms with Crippen LogP contribution in [0, 0.1) is 6.92 Å². The Labute approximate surface area is 110 Å². The molecule has 1 fully saturated rings. The number of rotatable bonds is 2. The average Bonchev–Trinajstić information content (AvgIpc) is 2.28. The van der Waals surface area contributed by atoms with Crippen molar-refractivity contribution in [3.05, 3.63) is 23.4 Å². The van der Waals surface area contributed by atoms with E-state index in [9.17, 15) is 0 Å². The highest BCUT2D eigenvalue weighted by Gasteiger charge is 2.19. The minimum Gasteiger partial charge on any atom is -0.354 e. The molecule has 2 nitrogen and oxygen atoms in total. The van der Waals surface area contributed by atoms with E-state index in [0.717, 1.165) is 24.2 Å². The number of hydrogen-bond acceptors (Lipinski definition) is 3. The number of aryl methyl sites for hydroxylation is 1. The highest BCUT2D eigenvalue weighted by molar-refractivity contribution is 9.08. The summed E-state index contributed by atoms with van der Waals surface area (Å²) in [6.45, 7) is 6.68. The van der Waals surface area contributed by atoms with E-state index in [2.05, 4.69) is 57.5 Å². The molecule has 1 unspecified atom stereocenters. The van der Waals surface area contributed by atoms with Crippen LogP contribution < -0.4 is 4.90 Å². The van der Waals surface area contributed by atoms with E-state index in [1.54, 1.807) is 0 Å². The van der Waals surface area contributed by atoms with E-state index in [-0.39, 0.29) is 0 Å². The van der Waals surface area contributed by atoms with Gasteiger partial charge in [0.15, 0.2) is 0 Å². The van der Waals surface area contributed by atoms with Crippen LogP contribution in [0.15, 0.2) is 12.3 Å². The Balaban J connectivity index is 2.19. The molecule has 1 atom stereocenters. The van der Waals surface area contributed by atoms with Crippen LogP contribution in [-0.4, -0.2) is 29.1 Å². The normalized spacial score (nSPS) is 21.2. The van der Waals surface area contributed by atoms with Crippen molar-refractivity contribution in [1.82, 2.24) is 4.98 Å². The number of nitrogens with zero attached hydrogens (tertiary/aromatic N) is 2. The lowest BCUT2D eigenvalue weighted by atomic mass is 10.2. The summed E-state index contributed by atoms with van der Waals surface area (Å²) in [5.74, 6) is 2.37. The fourth-order valence-electron chi connectivity index (χ4n) is 2.04. The van der Waals surface area contributed by atoms with Crippen LogP contribution in [0.2, 0.25) is 0 Å². The number of aromatic nitrogens is 1. The SMILES string of the molecule is Cc1cc(CBr)cnc1N1CCSC(C)C1. The van der Waals surface area contributed by atoms with E-state index < -0.39 is 0 Å². The summed E-state index contributed by atoms with van der Waals surface area (Å²) in [4.78, 5) is 7.01. The van der Waals surface area contributed by atoms with Crippen molar-refractivity contribution in [3.8, 4) is 0 Å².